The quantitative estimate of drug-likeness (QED) is 0.208. The van der Waals surface area contributed by atoms with E-state index in [1.165, 1.54) is 23.5 Å². The summed E-state index contributed by atoms with van der Waals surface area (Å²) in [5, 5.41) is 5.39. The van der Waals surface area contributed by atoms with Crippen molar-refractivity contribution < 1.29 is 27.6 Å². The Morgan fingerprint density at radius 1 is 0.935 bits per heavy atom. The molecule has 3 aromatic carbocycles. The van der Waals surface area contributed by atoms with E-state index in [0.29, 0.717) is 61.3 Å². The van der Waals surface area contributed by atoms with E-state index in [1.807, 2.05) is 44.2 Å². The molecule has 5 rings (SSSR count). The van der Waals surface area contributed by atoms with Gasteiger partial charge in [0.05, 0.1) is 10.6 Å². The molecule has 0 radical (unpaired) electrons. The minimum Gasteiger partial charge on any atom is -0.341 e. The molecule has 1 aromatic heterocycles. The van der Waals surface area contributed by atoms with Crippen LogP contribution in [0.2, 0.25) is 0 Å². The van der Waals surface area contributed by atoms with E-state index in [2.05, 4.69) is 10.3 Å². The second-order valence-electron chi connectivity index (χ2n) is 11.1. The van der Waals surface area contributed by atoms with E-state index < -0.39 is 23.7 Å². The number of likely N-dealkylation sites (tertiary alicyclic amines) is 1. The van der Waals surface area contributed by atoms with Crippen LogP contribution in [-0.2, 0) is 11.0 Å². The maximum Gasteiger partial charge on any atom is 0.416 e. The number of carbonyl (C=O) groups is 3. The number of halogens is 3. The lowest BCUT2D eigenvalue weighted by molar-refractivity contribution is -0.137. The number of thiazole rings is 1. The maximum atomic E-state index is 13.6. The third kappa shape index (κ3) is 7.31. The number of carbonyl (C=O) groups excluding carboxylic acids is 3. The number of amides is 3. The maximum absolute atomic E-state index is 13.6. The van der Waals surface area contributed by atoms with Gasteiger partial charge in [0.2, 0.25) is 5.91 Å². The van der Waals surface area contributed by atoms with Crippen LogP contribution in [0, 0.1) is 0 Å². The van der Waals surface area contributed by atoms with E-state index >= 15 is 0 Å². The van der Waals surface area contributed by atoms with Crippen molar-refractivity contribution in [3.63, 3.8) is 0 Å². The van der Waals surface area contributed by atoms with Crippen molar-refractivity contribution in [1.82, 2.24) is 20.1 Å². The summed E-state index contributed by atoms with van der Waals surface area (Å²) < 4.78 is 39.2. The summed E-state index contributed by atoms with van der Waals surface area (Å²) >= 11 is 1.39. The Morgan fingerprint density at radius 2 is 1.57 bits per heavy atom. The highest BCUT2D eigenvalue weighted by Crippen LogP contribution is 2.34. The molecule has 1 atom stereocenters. The average Bonchev–Trinajstić information content (AvgIpc) is 3.58. The number of rotatable bonds is 9. The summed E-state index contributed by atoms with van der Waals surface area (Å²) in [7, 11) is 0. The van der Waals surface area contributed by atoms with E-state index in [-0.39, 0.29) is 23.4 Å². The van der Waals surface area contributed by atoms with Gasteiger partial charge in [-0.15, -0.1) is 11.3 Å². The number of hydrogen-bond acceptors (Lipinski definition) is 5. The van der Waals surface area contributed by atoms with Crippen LogP contribution in [0.15, 0.2) is 84.2 Å². The van der Waals surface area contributed by atoms with Crippen molar-refractivity contribution in [2.45, 2.75) is 44.8 Å². The molecule has 1 aliphatic heterocycles. The summed E-state index contributed by atoms with van der Waals surface area (Å²) in [6.45, 7) is 5.79. The first-order valence-corrected chi connectivity index (χ1v) is 16.1. The Balaban J connectivity index is 1.24. The number of piperidine rings is 1. The van der Waals surface area contributed by atoms with Crippen molar-refractivity contribution in [2.75, 3.05) is 26.2 Å². The second-order valence-corrected chi connectivity index (χ2v) is 12.0. The zero-order chi connectivity index (χ0) is 32.8. The van der Waals surface area contributed by atoms with Crippen molar-refractivity contribution in [3.05, 3.63) is 112 Å². The minimum absolute atomic E-state index is 0.0583. The van der Waals surface area contributed by atoms with Crippen molar-refractivity contribution in [3.8, 4) is 11.1 Å². The van der Waals surface area contributed by atoms with Crippen LogP contribution < -0.4 is 5.32 Å². The Kier molecular flexibility index (Phi) is 10.2. The van der Waals surface area contributed by atoms with Crippen molar-refractivity contribution >= 4 is 29.1 Å². The van der Waals surface area contributed by atoms with E-state index in [4.69, 9.17) is 0 Å². The number of benzene rings is 3. The van der Waals surface area contributed by atoms with Crippen LogP contribution in [0.5, 0.6) is 0 Å². The van der Waals surface area contributed by atoms with Gasteiger partial charge in [-0.2, -0.15) is 13.2 Å². The van der Waals surface area contributed by atoms with E-state index in [1.54, 1.807) is 39.4 Å². The first-order valence-electron chi connectivity index (χ1n) is 15.3. The number of aromatic nitrogens is 1. The zero-order valence-corrected chi connectivity index (χ0v) is 26.4. The molecule has 0 bridgehead atoms. The number of nitrogens with one attached hydrogen (secondary N) is 1. The van der Waals surface area contributed by atoms with Gasteiger partial charge in [-0.05, 0) is 61.6 Å². The fourth-order valence-electron chi connectivity index (χ4n) is 5.70. The lowest BCUT2D eigenvalue weighted by Gasteiger charge is -2.31. The van der Waals surface area contributed by atoms with Gasteiger partial charge in [0.25, 0.3) is 11.8 Å². The van der Waals surface area contributed by atoms with Gasteiger partial charge in [-0.25, -0.2) is 4.98 Å². The van der Waals surface area contributed by atoms with Crippen LogP contribution in [0.3, 0.4) is 0 Å². The van der Waals surface area contributed by atoms with Crippen LogP contribution in [0.1, 0.15) is 75.6 Å². The molecule has 0 spiro atoms. The fourth-order valence-corrected chi connectivity index (χ4v) is 6.67. The van der Waals surface area contributed by atoms with E-state index in [0.717, 1.165) is 17.1 Å². The predicted molar refractivity (Wildman–Crippen MR) is 171 cm³/mol. The Hall–Kier alpha value is -4.51. The predicted octanol–water partition coefficient (Wildman–Crippen LogP) is 7.19. The summed E-state index contributed by atoms with van der Waals surface area (Å²) in [6.07, 6.45) is -3.14. The molecule has 3 amide bonds. The van der Waals surface area contributed by atoms with Gasteiger partial charge in [-0.3, -0.25) is 14.4 Å². The van der Waals surface area contributed by atoms with Gasteiger partial charge >= 0.3 is 6.18 Å². The normalized spacial score (nSPS) is 14.5. The summed E-state index contributed by atoms with van der Waals surface area (Å²) in [5.41, 5.74) is 1.74. The molecule has 2 heterocycles. The molecule has 1 unspecified atom stereocenters. The molecule has 11 heteroatoms. The highest BCUT2D eigenvalue weighted by atomic mass is 32.1. The largest absolute Gasteiger partial charge is 0.416 e. The lowest BCUT2D eigenvalue weighted by atomic mass is 9.94. The first-order chi connectivity index (χ1) is 22.1. The first kappa shape index (κ1) is 32.9. The molecular weight excluding hydrogens is 613 g/mol. The molecule has 0 aliphatic carbocycles. The topological polar surface area (TPSA) is 82.6 Å². The number of nitrogens with zero attached hydrogens (tertiary/aromatic N) is 3. The third-order valence-corrected chi connectivity index (χ3v) is 9.30. The van der Waals surface area contributed by atoms with E-state index in [9.17, 15) is 27.6 Å². The Morgan fingerprint density at radius 3 is 2.20 bits per heavy atom. The second kappa shape index (κ2) is 14.3. The molecule has 1 saturated heterocycles. The molecule has 1 N–H and O–H groups in total. The van der Waals surface area contributed by atoms with Gasteiger partial charge < -0.3 is 15.1 Å². The van der Waals surface area contributed by atoms with Crippen LogP contribution in [0.4, 0.5) is 13.2 Å². The number of alkyl halides is 3. The van der Waals surface area contributed by atoms with Gasteiger partial charge in [-0.1, -0.05) is 60.7 Å². The SMILES string of the molecule is CCN(CC)C(=O)C(NC(=O)c1csc(C2CCN(C(=O)c3ccccc3-c3ccc(C(F)(F)F)cc3)CC2)n1)c1ccccc1. The summed E-state index contributed by atoms with van der Waals surface area (Å²) in [5.74, 6) is -0.734. The fraction of sp³-hybridized carbons (Fsp3) is 0.314. The molecule has 1 fully saturated rings. The van der Waals surface area contributed by atoms with Crippen LogP contribution in [-0.4, -0.2) is 58.7 Å². The van der Waals surface area contributed by atoms with Crippen LogP contribution in [0.25, 0.3) is 11.1 Å². The smallest absolute Gasteiger partial charge is 0.341 e. The molecule has 7 nitrogen and oxygen atoms in total. The molecule has 0 saturated carbocycles. The Bertz CT molecular complexity index is 1660. The standard InChI is InChI=1S/C35H35F3N4O3S/c1-3-41(4-2)34(45)30(24-10-6-5-7-11-24)40-31(43)29-22-46-32(39-29)25-18-20-42(21-19-25)33(44)28-13-9-8-12-27(28)23-14-16-26(17-15-23)35(36,37)38/h5-17,22,25,30H,3-4,18-21H2,1-2H3,(H,40,43). The molecule has 4 aromatic rings. The molecule has 240 valence electrons. The average molecular weight is 649 g/mol. The van der Waals surface area contributed by atoms with Gasteiger partial charge in [0, 0.05) is 43.0 Å². The Labute approximate surface area is 270 Å². The highest BCUT2D eigenvalue weighted by molar-refractivity contribution is 7.09. The third-order valence-electron chi connectivity index (χ3n) is 8.30. The van der Waals surface area contributed by atoms with Crippen LogP contribution >= 0.6 is 11.3 Å². The minimum atomic E-state index is -4.44. The number of hydrogen-bond donors (Lipinski definition) is 1. The zero-order valence-electron chi connectivity index (χ0n) is 25.6. The van der Waals surface area contributed by atoms with Gasteiger partial charge in [0.1, 0.15) is 11.7 Å². The molecule has 46 heavy (non-hydrogen) atoms. The molecular formula is C35H35F3N4O3S. The van der Waals surface area contributed by atoms with Crippen molar-refractivity contribution in [2.24, 2.45) is 0 Å². The number of likely N-dealkylation sites (N-methyl/N-ethyl adjacent to an activating group) is 1. The summed E-state index contributed by atoms with van der Waals surface area (Å²) in [6, 6.07) is 20.1. The summed E-state index contributed by atoms with van der Waals surface area (Å²) in [4.78, 5) is 48.2. The molecule has 1 aliphatic rings. The monoisotopic (exact) mass is 648 g/mol. The van der Waals surface area contributed by atoms with Crippen molar-refractivity contribution in [1.29, 1.82) is 0 Å². The lowest BCUT2D eigenvalue weighted by Crippen LogP contribution is -2.43. The highest BCUT2D eigenvalue weighted by Gasteiger charge is 2.32. The van der Waals surface area contributed by atoms with Gasteiger partial charge in [0.15, 0.2) is 0 Å².